The molecule has 0 amide bonds. The molecule has 0 bridgehead atoms. The third-order valence-electron chi connectivity index (χ3n) is 1.97. The van der Waals surface area contributed by atoms with Gasteiger partial charge in [-0.1, -0.05) is 30.3 Å². The Morgan fingerprint density at radius 1 is 1.36 bits per heavy atom. The number of benzene rings is 1. The lowest BCUT2D eigenvalue weighted by atomic mass is 9.91. The molecule has 0 saturated heterocycles. The van der Waals surface area contributed by atoms with Crippen LogP contribution in [0.3, 0.4) is 0 Å². The summed E-state index contributed by atoms with van der Waals surface area (Å²) in [6.45, 7) is -0.368. The Hall–Kier alpha value is -1.42. The molecule has 0 heterocycles. The number of hydrogen-bond acceptors (Lipinski definition) is 3. The van der Waals surface area contributed by atoms with Gasteiger partial charge in [-0.05, 0) is 18.4 Å². The second kappa shape index (κ2) is 5.34. The molecular formula is C10H13NO3. The summed E-state index contributed by atoms with van der Waals surface area (Å²) in [6, 6.07) is 9.62. The second-order valence-corrected chi connectivity index (χ2v) is 3.19. The SMILES string of the molecule is O=[N+]([O-])[11CH2]C(O)CCc1ccccc1. The molecule has 0 saturated carbocycles. The van der Waals surface area contributed by atoms with E-state index in [2.05, 4.69) is 0 Å². The first-order valence-electron chi connectivity index (χ1n) is 4.52. The van der Waals surface area contributed by atoms with Crippen molar-refractivity contribution in [3.8, 4) is 0 Å². The fraction of sp³-hybridized carbons (Fsp3) is 0.400. The first kappa shape index (κ1) is 10.7. The van der Waals surface area contributed by atoms with Crippen LogP contribution in [0.5, 0.6) is 0 Å². The van der Waals surface area contributed by atoms with Gasteiger partial charge in [0.25, 0.3) is 0 Å². The predicted octanol–water partition coefficient (Wildman–Crippen LogP) is 1.26. The van der Waals surface area contributed by atoms with Crippen molar-refractivity contribution in [2.45, 2.75) is 18.9 Å². The van der Waals surface area contributed by atoms with Gasteiger partial charge in [-0.2, -0.15) is 0 Å². The highest BCUT2D eigenvalue weighted by molar-refractivity contribution is 5.14. The molecule has 4 nitrogen and oxygen atoms in total. The van der Waals surface area contributed by atoms with Gasteiger partial charge in [0.2, 0.25) is 6.54 Å². The number of hydrogen-bond donors (Lipinski definition) is 1. The highest BCUT2D eigenvalue weighted by Crippen LogP contribution is 2.04. The summed E-state index contributed by atoms with van der Waals surface area (Å²) in [5, 5.41) is 19.3. The lowest BCUT2D eigenvalue weighted by molar-refractivity contribution is -0.490. The van der Waals surface area contributed by atoms with Gasteiger partial charge in [-0.15, -0.1) is 0 Å². The van der Waals surface area contributed by atoms with Gasteiger partial charge >= 0.3 is 0 Å². The molecule has 1 N–H and O–H groups in total. The van der Waals surface area contributed by atoms with Crippen molar-refractivity contribution in [3.63, 3.8) is 0 Å². The van der Waals surface area contributed by atoms with Crippen LogP contribution in [-0.4, -0.2) is 22.7 Å². The van der Waals surface area contributed by atoms with Crippen LogP contribution in [0.25, 0.3) is 0 Å². The molecule has 0 aromatic heterocycles. The zero-order chi connectivity index (χ0) is 10.4. The van der Waals surface area contributed by atoms with E-state index in [0.717, 1.165) is 5.56 Å². The van der Waals surface area contributed by atoms with Gasteiger partial charge in [0.15, 0.2) is 0 Å². The standard InChI is InChI=1S/C10H13NO3/c12-10(8-11(13)14)7-6-9-4-2-1-3-5-9/h1-5,10,12H,6-8H2/i8-1. The van der Waals surface area contributed by atoms with Crippen molar-refractivity contribution in [1.82, 2.24) is 0 Å². The summed E-state index contributed by atoms with van der Waals surface area (Å²) >= 11 is 0. The zero-order valence-electron chi connectivity index (χ0n) is 7.80. The van der Waals surface area contributed by atoms with Crippen LogP contribution in [0.4, 0.5) is 0 Å². The first-order chi connectivity index (χ1) is 6.68. The van der Waals surface area contributed by atoms with Gasteiger partial charge < -0.3 is 5.11 Å². The molecule has 0 spiro atoms. The second-order valence-electron chi connectivity index (χ2n) is 3.19. The summed E-state index contributed by atoms with van der Waals surface area (Å²) in [5.74, 6) is 0. The van der Waals surface area contributed by atoms with Crippen molar-refractivity contribution in [1.29, 1.82) is 0 Å². The van der Waals surface area contributed by atoms with E-state index in [-0.39, 0.29) is 6.54 Å². The zero-order valence-corrected chi connectivity index (χ0v) is 7.80. The minimum atomic E-state index is -0.842. The average Bonchev–Trinajstić information content (AvgIpc) is 2.15. The number of rotatable bonds is 5. The van der Waals surface area contributed by atoms with E-state index >= 15 is 0 Å². The normalized spacial score (nSPS) is 12.4. The van der Waals surface area contributed by atoms with Crippen LogP contribution in [-0.2, 0) is 6.42 Å². The number of nitrogens with zero attached hydrogens (tertiary/aromatic N) is 1. The maximum atomic E-state index is 10.1. The topological polar surface area (TPSA) is 63.4 Å². The van der Waals surface area contributed by atoms with Gasteiger partial charge in [-0.25, -0.2) is 0 Å². The van der Waals surface area contributed by atoms with E-state index in [1.807, 2.05) is 30.3 Å². The molecule has 0 fully saturated rings. The number of nitro groups is 1. The molecule has 1 atom stereocenters. The lowest BCUT2D eigenvalue weighted by Gasteiger charge is -2.05. The van der Waals surface area contributed by atoms with Crippen LogP contribution in [0.1, 0.15) is 12.0 Å². The molecular weight excluding hydrogens is 181 g/mol. The maximum Gasteiger partial charge on any atom is 0.229 e. The van der Waals surface area contributed by atoms with Gasteiger partial charge in [0.05, 0.1) is 0 Å². The van der Waals surface area contributed by atoms with Crippen LogP contribution in [0.15, 0.2) is 30.3 Å². The van der Waals surface area contributed by atoms with Crippen LogP contribution in [0.2, 0.25) is 0 Å². The van der Waals surface area contributed by atoms with E-state index in [0.29, 0.717) is 12.8 Å². The molecule has 1 aromatic rings. The Morgan fingerprint density at radius 2 is 2.00 bits per heavy atom. The van der Waals surface area contributed by atoms with Crippen LogP contribution >= 0.6 is 0 Å². The lowest BCUT2D eigenvalue weighted by Crippen LogP contribution is -2.19. The largest absolute Gasteiger partial charge is 0.386 e. The monoisotopic (exact) mass is 194 g/mol. The predicted molar refractivity (Wildman–Crippen MR) is 52.6 cm³/mol. The number of aliphatic hydroxyl groups excluding tert-OH is 1. The fourth-order valence-corrected chi connectivity index (χ4v) is 1.24. The van der Waals surface area contributed by atoms with Crippen molar-refractivity contribution >= 4 is 0 Å². The van der Waals surface area contributed by atoms with Crippen molar-refractivity contribution in [3.05, 3.63) is 46.0 Å². The number of aliphatic hydroxyl groups is 1. The molecule has 4 heteroatoms. The van der Waals surface area contributed by atoms with E-state index < -0.39 is 11.0 Å². The highest BCUT2D eigenvalue weighted by atomic mass is 16.6. The maximum absolute atomic E-state index is 10.1. The smallest absolute Gasteiger partial charge is 0.229 e. The van der Waals surface area contributed by atoms with Crippen molar-refractivity contribution in [2.24, 2.45) is 0 Å². The molecule has 0 radical (unpaired) electrons. The summed E-state index contributed by atoms with van der Waals surface area (Å²) in [7, 11) is 0. The Balaban J connectivity index is 2.30. The summed E-state index contributed by atoms with van der Waals surface area (Å²) in [4.78, 5) is 9.58. The molecule has 1 unspecified atom stereocenters. The van der Waals surface area contributed by atoms with Crippen LogP contribution in [0, 0.1) is 10.1 Å². The van der Waals surface area contributed by atoms with E-state index in [4.69, 9.17) is 0 Å². The minimum absolute atomic E-state index is 0.368. The van der Waals surface area contributed by atoms with E-state index in [9.17, 15) is 15.2 Å². The summed E-state index contributed by atoms with van der Waals surface area (Å²) in [5.41, 5.74) is 1.09. The number of aryl methyl sites for hydroxylation is 1. The molecule has 76 valence electrons. The molecule has 1 rings (SSSR count). The van der Waals surface area contributed by atoms with E-state index in [1.54, 1.807) is 0 Å². The fourth-order valence-electron chi connectivity index (χ4n) is 1.24. The molecule has 0 aliphatic rings. The van der Waals surface area contributed by atoms with Gasteiger partial charge in [-0.3, -0.25) is 10.1 Å². The van der Waals surface area contributed by atoms with E-state index in [1.165, 1.54) is 0 Å². The van der Waals surface area contributed by atoms with Crippen molar-refractivity contribution < 1.29 is 10.0 Å². The van der Waals surface area contributed by atoms with Gasteiger partial charge in [0, 0.05) is 4.92 Å². The molecule has 14 heavy (non-hydrogen) atoms. The summed E-state index contributed by atoms with van der Waals surface area (Å²) in [6.07, 6.45) is 0.270. The quantitative estimate of drug-likeness (QED) is 0.567. The highest BCUT2D eigenvalue weighted by Gasteiger charge is 2.10. The van der Waals surface area contributed by atoms with Crippen LogP contribution < -0.4 is 0 Å². The van der Waals surface area contributed by atoms with Crippen molar-refractivity contribution in [2.75, 3.05) is 6.54 Å². The first-order valence-corrected chi connectivity index (χ1v) is 4.52. The Morgan fingerprint density at radius 3 is 2.57 bits per heavy atom. The Bertz CT molecular complexity index is 287. The molecule has 0 aliphatic carbocycles. The molecule has 0 aliphatic heterocycles. The Kier molecular flexibility index (Phi) is 4.07. The third kappa shape index (κ3) is 4.00. The average molecular weight is 194 g/mol. The minimum Gasteiger partial charge on any atom is -0.386 e. The summed E-state index contributed by atoms with van der Waals surface area (Å²) < 4.78 is 0. The molecule has 1 aromatic carbocycles. The third-order valence-corrected chi connectivity index (χ3v) is 1.97. The van der Waals surface area contributed by atoms with Gasteiger partial charge in [0.1, 0.15) is 6.10 Å². The Labute approximate surface area is 82.3 Å².